The molecule has 0 aliphatic rings. The summed E-state index contributed by atoms with van der Waals surface area (Å²) >= 11 is 0. The highest BCUT2D eigenvalue weighted by molar-refractivity contribution is 5.94. The first-order valence-corrected chi connectivity index (χ1v) is 9.50. The normalized spacial score (nSPS) is 15.6. The number of hydrogen-bond acceptors (Lipinski definition) is 4. The van der Waals surface area contributed by atoms with Gasteiger partial charge in [-0.15, -0.1) is 0 Å². The lowest BCUT2D eigenvalue weighted by Gasteiger charge is -2.37. The van der Waals surface area contributed by atoms with Crippen molar-refractivity contribution in [2.75, 3.05) is 20.6 Å². The Bertz CT molecular complexity index is 524. The zero-order valence-corrected chi connectivity index (χ0v) is 18.3. The molecule has 0 aromatic heterocycles. The molecule has 0 amide bonds. The van der Waals surface area contributed by atoms with Crippen molar-refractivity contribution in [1.82, 2.24) is 4.90 Å². The summed E-state index contributed by atoms with van der Waals surface area (Å²) in [5.74, 6) is -0.188. The number of nitrogens with zero attached hydrogens (tertiary/aromatic N) is 1. The van der Waals surface area contributed by atoms with Crippen LogP contribution in [0.2, 0.25) is 0 Å². The lowest BCUT2D eigenvalue weighted by molar-refractivity contribution is -0.160. The van der Waals surface area contributed by atoms with Gasteiger partial charge in [0.05, 0.1) is 0 Å². The van der Waals surface area contributed by atoms with Gasteiger partial charge in [0.25, 0.3) is 0 Å². The quantitative estimate of drug-likeness (QED) is 0.412. The van der Waals surface area contributed by atoms with Crippen molar-refractivity contribution in [2.24, 2.45) is 10.8 Å². The molecule has 26 heavy (non-hydrogen) atoms. The lowest BCUT2D eigenvalue weighted by Crippen LogP contribution is -2.40. The van der Waals surface area contributed by atoms with Crippen LogP contribution >= 0.6 is 0 Å². The number of esters is 1. The van der Waals surface area contributed by atoms with Crippen LogP contribution in [-0.4, -0.2) is 42.9 Å². The SMILES string of the molecule is CCC(C)(CC/C=C/C(=O)OC(C)(C)C(C)(C)C)C(=O)/C=C/CN(C)C. The molecule has 0 saturated carbocycles. The number of ether oxygens (including phenoxy) is 1. The van der Waals surface area contributed by atoms with Crippen LogP contribution in [0.15, 0.2) is 24.3 Å². The van der Waals surface area contributed by atoms with Crippen LogP contribution in [0, 0.1) is 10.8 Å². The van der Waals surface area contributed by atoms with E-state index in [1.165, 1.54) is 6.08 Å². The van der Waals surface area contributed by atoms with Gasteiger partial charge in [-0.2, -0.15) is 0 Å². The van der Waals surface area contributed by atoms with E-state index in [9.17, 15) is 9.59 Å². The monoisotopic (exact) mass is 365 g/mol. The molecule has 0 fully saturated rings. The Morgan fingerprint density at radius 2 is 1.54 bits per heavy atom. The standard InChI is InChI=1S/C22H39NO3/c1-10-22(7,18(24)14-13-17-23(8)9)16-12-11-15-19(25)26-21(5,6)20(2,3)4/h11,13-15H,10,12,16-17H2,1-9H3/b14-13+,15-11+. The average Bonchev–Trinajstić information content (AvgIpc) is 2.49. The van der Waals surface area contributed by atoms with Gasteiger partial charge in [-0.05, 0) is 53.3 Å². The van der Waals surface area contributed by atoms with Gasteiger partial charge in [0.1, 0.15) is 5.60 Å². The van der Waals surface area contributed by atoms with E-state index in [1.54, 1.807) is 6.08 Å². The van der Waals surface area contributed by atoms with Crippen molar-refractivity contribution in [3.8, 4) is 0 Å². The molecule has 0 aliphatic carbocycles. The Kier molecular flexibility index (Phi) is 9.50. The van der Waals surface area contributed by atoms with E-state index in [0.717, 1.165) is 13.0 Å². The number of ketones is 1. The van der Waals surface area contributed by atoms with Crippen LogP contribution in [0.4, 0.5) is 0 Å². The molecule has 0 bridgehead atoms. The van der Waals surface area contributed by atoms with Crippen molar-refractivity contribution < 1.29 is 14.3 Å². The molecule has 0 saturated heterocycles. The first-order chi connectivity index (χ1) is 11.7. The molecule has 4 nitrogen and oxygen atoms in total. The molecule has 0 rings (SSSR count). The minimum Gasteiger partial charge on any atom is -0.456 e. The molecule has 0 aromatic rings. The summed E-state index contributed by atoms with van der Waals surface area (Å²) in [5, 5.41) is 0. The van der Waals surface area contributed by atoms with Crippen LogP contribution in [0.25, 0.3) is 0 Å². The maximum Gasteiger partial charge on any atom is 0.330 e. The molecule has 1 atom stereocenters. The summed E-state index contributed by atoms with van der Waals surface area (Å²) in [4.78, 5) is 26.5. The van der Waals surface area contributed by atoms with Gasteiger partial charge in [-0.1, -0.05) is 46.8 Å². The number of carbonyl (C=O) groups excluding carboxylic acids is 2. The molecule has 0 spiro atoms. The van der Waals surface area contributed by atoms with Crippen LogP contribution in [0.1, 0.15) is 67.7 Å². The van der Waals surface area contributed by atoms with E-state index in [1.807, 2.05) is 79.6 Å². The summed E-state index contributed by atoms with van der Waals surface area (Å²) < 4.78 is 5.58. The summed E-state index contributed by atoms with van der Waals surface area (Å²) in [6.45, 7) is 14.8. The van der Waals surface area contributed by atoms with Crippen LogP contribution in [0.3, 0.4) is 0 Å². The second-order valence-corrected chi connectivity index (χ2v) is 9.07. The maximum absolute atomic E-state index is 12.5. The highest BCUT2D eigenvalue weighted by Crippen LogP contribution is 2.33. The van der Waals surface area contributed by atoms with Gasteiger partial charge >= 0.3 is 5.97 Å². The Morgan fingerprint density at radius 3 is 2.00 bits per heavy atom. The smallest absolute Gasteiger partial charge is 0.330 e. The van der Waals surface area contributed by atoms with Crippen molar-refractivity contribution in [2.45, 2.75) is 73.3 Å². The molecule has 1 unspecified atom stereocenters. The second-order valence-electron chi connectivity index (χ2n) is 9.07. The van der Waals surface area contributed by atoms with Gasteiger partial charge in [0.2, 0.25) is 0 Å². The Balaban J connectivity index is 4.66. The predicted octanol–water partition coefficient (Wildman–Crippen LogP) is 4.79. The molecule has 0 radical (unpaired) electrons. The number of likely N-dealkylation sites (N-methyl/N-ethyl adjacent to an activating group) is 1. The Hall–Kier alpha value is -1.42. The molecule has 150 valence electrons. The molecule has 0 N–H and O–H groups in total. The summed E-state index contributed by atoms with van der Waals surface area (Å²) in [7, 11) is 3.94. The van der Waals surface area contributed by atoms with Gasteiger partial charge in [-0.25, -0.2) is 4.79 Å². The minimum atomic E-state index is -0.542. The van der Waals surface area contributed by atoms with Crippen LogP contribution in [0.5, 0.6) is 0 Å². The molecular weight excluding hydrogens is 326 g/mol. The second kappa shape index (κ2) is 10.1. The summed E-state index contributed by atoms with van der Waals surface area (Å²) in [6, 6.07) is 0. The highest BCUT2D eigenvalue weighted by Gasteiger charge is 2.36. The van der Waals surface area contributed by atoms with Gasteiger partial charge in [-0.3, -0.25) is 4.79 Å². The fourth-order valence-electron chi connectivity index (χ4n) is 2.07. The lowest BCUT2D eigenvalue weighted by atomic mass is 9.78. The van der Waals surface area contributed by atoms with Crippen molar-refractivity contribution in [3.63, 3.8) is 0 Å². The van der Waals surface area contributed by atoms with E-state index in [2.05, 4.69) is 0 Å². The van der Waals surface area contributed by atoms with E-state index >= 15 is 0 Å². The molecule has 0 aliphatic heterocycles. The fourth-order valence-corrected chi connectivity index (χ4v) is 2.07. The third-order valence-electron chi connectivity index (χ3n) is 5.39. The molecule has 0 aromatic carbocycles. The van der Waals surface area contributed by atoms with E-state index in [-0.39, 0.29) is 17.2 Å². The molecular formula is C22H39NO3. The van der Waals surface area contributed by atoms with Gasteiger partial charge < -0.3 is 9.64 Å². The molecule has 4 heteroatoms. The van der Waals surface area contributed by atoms with E-state index < -0.39 is 11.0 Å². The molecule has 0 heterocycles. The topological polar surface area (TPSA) is 46.6 Å². The van der Waals surface area contributed by atoms with Crippen molar-refractivity contribution in [3.05, 3.63) is 24.3 Å². The Labute approximate surface area is 160 Å². The van der Waals surface area contributed by atoms with Gasteiger partial charge in [0, 0.05) is 23.5 Å². The maximum atomic E-state index is 12.5. The van der Waals surface area contributed by atoms with Crippen LogP contribution < -0.4 is 0 Å². The predicted molar refractivity (Wildman–Crippen MR) is 109 cm³/mol. The number of allylic oxidation sites excluding steroid dienone is 2. The third kappa shape index (κ3) is 8.31. The van der Waals surface area contributed by atoms with Gasteiger partial charge in [0.15, 0.2) is 5.78 Å². The van der Waals surface area contributed by atoms with Crippen molar-refractivity contribution in [1.29, 1.82) is 0 Å². The van der Waals surface area contributed by atoms with Crippen LogP contribution in [-0.2, 0) is 14.3 Å². The number of rotatable bonds is 10. The zero-order chi connectivity index (χ0) is 20.6. The zero-order valence-electron chi connectivity index (χ0n) is 18.3. The van der Waals surface area contributed by atoms with Crippen molar-refractivity contribution >= 4 is 11.8 Å². The van der Waals surface area contributed by atoms with E-state index in [0.29, 0.717) is 12.8 Å². The minimum absolute atomic E-state index is 0.136. The highest BCUT2D eigenvalue weighted by atomic mass is 16.6. The largest absolute Gasteiger partial charge is 0.456 e. The first kappa shape index (κ1) is 24.6. The first-order valence-electron chi connectivity index (χ1n) is 9.50. The Morgan fingerprint density at radius 1 is 0.962 bits per heavy atom. The number of hydrogen-bond donors (Lipinski definition) is 0. The average molecular weight is 366 g/mol. The summed E-state index contributed by atoms with van der Waals surface area (Å²) in [6.07, 6.45) is 9.03. The fraction of sp³-hybridized carbons (Fsp3) is 0.727. The number of carbonyl (C=O) groups is 2. The summed E-state index contributed by atoms with van der Waals surface area (Å²) in [5.41, 5.74) is -1.08. The third-order valence-corrected chi connectivity index (χ3v) is 5.39. The van der Waals surface area contributed by atoms with E-state index in [4.69, 9.17) is 4.74 Å².